The van der Waals surface area contributed by atoms with E-state index >= 15 is 0 Å². The fraction of sp³-hybridized carbons (Fsp3) is 0.556. The first kappa shape index (κ1) is 17.5. The Bertz CT molecular complexity index is 540. The predicted molar refractivity (Wildman–Crippen MR) is 90.9 cm³/mol. The van der Waals surface area contributed by atoms with E-state index in [1.54, 1.807) is 0 Å². The first-order valence-corrected chi connectivity index (χ1v) is 8.21. The Morgan fingerprint density at radius 1 is 1.30 bits per heavy atom. The summed E-state index contributed by atoms with van der Waals surface area (Å²) < 4.78 is 0. The van der Waals surface area contributed by atoms with Gasteiger partial charge in [0.05, 0.1) is 5.92 Å². The van der Waals surface area contributed by atoms with Crippen LogP contribution >= 0.6 is 0 Å². The van der Waals surface area contributed by atoms with E-state index in [0.29, 0.717) is 19.5 Å². The van der Waals surface area contributed by atoms with E-state index < -0.39 is 0 Å². The minimum atomic E-state index is -0.215. The van der Waals surface area contributed by atoms with Crippen molar-refractivity contribution in [1.82, 2.24) is 15.1 Å². The van der Waals surface area contributed by atoms with Crippen molar-refractivity contribution in [3.8, 4) is 0 Å². The lowest BCUT2D eigenvalue weighted by Crippen LogP contribution is -2.33. The highest BCUT2D eigenvalue weighted by Gasteiger charge is 2.33. The predicted octanol–water partition coefficient (Wildman–Crippen LogP) is 1.41. The van der Waals surface area contributed by atoms with Crippen molar-refractivity contribution in [3.05, 3.63) is 35.4 Å². The number of carbonyl (C=O) groups is 2. The molecule has 5 nitrogen and oxygen atoms in total. The number of amides is 2. The molecule has 23 heavy (non-hydrogen) atoms. The van der Waals surface area contributed by atoms with Crippen molar-refractivity contribution < 1.29 is 9.59 Å². The fourth-order valence-corrected chi connectivity index (χ4v) is 2.78. The molecule has 0 radical (unpaired) electrons. The molecule has 1 fully saturated rings. The van der Waals surface area contributed by atoms with Crippen LogP contribution in [0.3, 0.4) is 0 Å². The number of benzene rings is 1. The Labute approximate surface area is 138 Å². The maximum Gasteiger partial charge on any atom is 0.225 e. The maximum atomic E-state index is 12.3. The normalized spacial score (nSPS) is 17.8. The average molecular weight is 317 g/mol. The van der Waals surface area contributed by atoms with Crippen LogP contribution in [0.4, 0.5) is 0 Å². The maximum absolute atomic E-state index is 12.3. The van der Waals surface area contributed by atoms with Gasteiger partial charge in [-0.2, -0.15) is 0 Å². The second-order valence-electron chi connectivity index (χ2n) is 6.60. The van der Waals surface area contributed by atoms with Crippen LogP contribution < -0.4 is 5.32 Å². The molecular formula is C18H27N3O2. The van der Waals surface area contributed by atoms with E-state index in [1.807, 2.05) is 50.2 Å². The first-order valence-electron chi connectivity index (χ1n) is 8.21. The third kappa shape index (κ3) is 5.36. The molecule has 1 N–H and O–H groups in total. The summed E-state index contributed by atoms with van der Waals surface area (Å²) in [6, 6.07) is 8.10. The molecule has 126 valence electrons. The second-order valence-corrected chi connectivity index (χ2v) is 6.60. The summed E-state index contributed by atoms with van der Waals surface area (Å²) in [5, 5.41) is 2.95. The Hall–Kier alpha value is -1.88. The average Bonchev–Trinajstić information content (AvgIpc) is 2.87. The van der Waals surface area contributed by atoms with Crippen LogP contribution in [0.1, 0.15) is 24.0 Å². The highest BCUT2D eigenvalue weighted by atomic mass is 16.2. The van der Waals surface area contributed by atoms with Gasteiger partial charge in [0.25, 0.3) is 0 Å². The van der Waals surface area contributed by atoms with Crippen molar-refractivity contribution in [1.29, 1.82) is 0 Å². The Morgan fingerprint density at radius 3 is 2.65 bits per heavy atom. The summed E-state index contributed by atoms with van der Waals surface area (Å²) in [5.41, 5.74) is 2.28. The molecule has 0 aliphatic carbocycles. The Kier molecular flexibility index (Phi) is 6.16. The van der Waals surface area contributed by atoms with Gasteiger partial charge in [0.1, 0.15) is 0 Å². The van der Waals surface area contributed by atoms with Gasteiger partial charge in [-0.1, -0.05) is 29.8 Å². The number of hydrogen-bond donors (Lipinski definition) is 1. The molecule has 1 heterocycles. The summed E-state index contributed by atoms with van der Waals surface area (Å²) in [5.74, 6) is -0.138. The number of likely N-dealkylation sites (tertiary alicyclic amines) is 1. The molecule has 1 unspecified atom stereocenters. The summed E-state index contributed by atoms with van der Waals surface area (Å²) in [6.07, 6.45) is 1.28. The lowest BCUT2D eigenvalue weighted by Gasteiger charge is -2.18. The molecule has 1 aliphatic rings. The van der Waals surface area contributed by atoms with Crippen molar-refractivity contribution >= 4 is 11.8 Å². The van der Waals surface area contributed by atoms with Crippen LogP contribution in [-0.4, -0.2) is 55.3 Å². The van der Waals surface area contributed by atoms with Crippen LogP contribution in [0.5, 0.6) is 0 Å². The standard InChI is InChI=1S/C18H27N3O2/c1-14-5-7-15(8-6-14)12-19-18(23)16-11-17(22)21(13-16)10-4-9-20(2)3/h5-8,16H,4,9-13H2,1-3H3,(H,19,23). The van der Waals surface area contributed by atoms with E-state index in [9.17, 15) is 9.59 Å². The molecule has 0 spiro atoms. The number of nitrogens with one attached hydrogen (secondary N) is 1. The quantitative estimate of drug-likeness (QED) is 0.827. The molecular weight excluding hydrogens is 290 g/mol. The second kappa shape index (κ2) is 8.11. The lowest BCUT2D eigenvalue weighted by molar-refractivity contribution is -0.129. The summed E-state index contributed by atoms with van der Waals surface area (Å²) in [7, 11) is 4.04. The monoisotopic (exact) mass is 317 g/mol. The molecule has 5 heteroatoms. The van der Waals surface area contributed by atoms with Gasteiger partial charge in [-0.25, -0.2) is 0 Å². The first-order chi connectivity index (χ1) is 11.0. The number of carbonyl (C=O) groups excluding carboxylic acids is 2. The molecule has 0 saturated carbocycles. The van der Waals surface area contributed by atoms with Crippen LogP contribution in [-0.2, 0) is 16.1 Å². The molecule has 0 aromatic heterocycles. The van der Waals surface area contributed by atoms with E-state index in [1.165, 1.54) is 5.56 Å². The van der Waals surface area contributed by atoms with Crippen molar-refractivity contribution in [2.75, 3.05) is 33.7 Å². The van der Waals surface area contributed by atoms with Crippen LogP contribution in [0.25, 0.3) is 0 Å². The van der Waals surface area contributed by atoms with E-state index in [-0.39, 0.29) is 17.7 Å². The van der Waals surface area contributed by atoms with Gasteiger partial charge in [0.2, 0.25) is 11.8 Å². The van der Waals surface area contributed by atoms with Gasteiger partial charge in [-0.3, -0.25) is 9.59 Å². The van der Waals surface area contributed by atoms with Gasteiger partial charge in [-0.15, -0.1) is 0 Å². The third-order valence-corrected chi connectivity index (χ3v) is 4.21. The molecule has 0 bridgehead atoms. The molecule has 2 rings (SSSR count). The molecule has 1 atom stereocenters. The highest BCUT2D eigenvalue weighted by molar-refractivity contribution is 5.89. The minimum absolute atomic E-state index is 0.0194. The van der Waals surface area contributed by atoms with Gasteiger partial charge in [-0.05, 0) is 39.5 Å². The topological polar surface area (TPSA) is 52.7 Å². The SMILES string of the molecule is Cc1ccc(CNC(=O)C2CC(=O)N(CCCN(C)C)C2)cc1. The van der Waals surface area contributed by atoms with Gasteiger partial charge in [0, 0.05) is 26.1 Å². The fourth-order valence-electron chi connectivity index (χ4n) is 2.78. The third-order valence-electron chi connectivity index (χ3n) is 4.21. The number of rotatable bonds is 7. The van der Waals surface area contributed by atoms with Crippen molar-refractivity contribution in [2.24, 2.45) is 5.92 Å². The van der Waals surface area contributed by atoms with Crippen LogP contribution in [0, 0.1) is 12.8 Å². The number of aryl methyl sites for hydroxylation is 1. The summed E-state index contributed by atoms with van der Waals surface area (Å²) in [4.78, 5) is 28.2. The lowest BCUT2D eigenvalue weighted by atomic mass is 10.1. The Morgan fingerprint density at radius 2 is 2.00 bits per heavy atom. The number of nitrogens with zero attached hydrogens (tertiary/aromatic N) is 2. The highest BCUT2D eigenvalue weighted by Crippen LogP contribution is 2.18. The number of hydrogen-bond acceptors (Lipinski definition) is 3. The largest absolute Gasteiger partial charge is 0.352 e. The van der Waals surface area contributed by atoms with Gasteiger partial charge < -0.3 is 15.1 Å². The van der Waals surface area contributed by atoms with Crippen LogP contribution in [0.15, 0.2) is 24.3 Å². The smallest absolute Gasteiger partial charge is 0.225 e. The molecule has 1 aromatic carbocycles. The molecule has 2 amide bonds. The van der Waals surface area contributed by atoms with Gasteiger partial charge in [0.15, 0.2) is 0 Å². The minimum Gasteiger partial charge on any atom is -0.352 e. The van der Waals surface area contributed by atoms with E-state index in [2.05, 4.69) is 10.2 Å². The summed E-state index contributed by atoms with van der Waals surface area (Å²) in [6.45, 7) is 4.79. The molecule has 1 aliphatic heterocycles. The summed E-state index contributed by atoms with van der Waals surface area (Å²) >= 11 is 0. The van der Waals surface area contributed by atoms with Gasteiger partial charge >= 0.3 is 0 Å². The van der Waals surface area contributed by atoms with Crippen molar-refractivity contribution in [3.63, 3.8) is 0 Å². The zero-order valence-corrected chi connectivity index (χ0v) is 14.3. The Balaban J connectivity index is 1.77. The molecule has 1 aromatic rings. The van der Waals surface area contributed by atoms with E-state index in [4.69, 9.17) is 0 Å². The van der Waals surface area contributed by atoms with Crippen molar-refractivity contribution in [2.45, 2.75) is 26.3 Å². The van der Waals surface area contributed by atoms with E-state index in [0.717, 1.165) is 25.1 Å². The van der Waals surface area contributed by atoms with Crippen LogP contribution in [0.2, 0.25) is 0 Å². The molecule has 1 saturated heterocycles. The zero-order valence-electron chi connectivity index (χ0n) is 14.3. The zero-order chi connectivity index (χ0) is 16.8.